The van der Waals surface area contributed by atoms with Crippen molar-refractivity contribution in [2.24, 2.45) is 0 Å². The monoisotopic (exact) mass is 483 g/mol. The predicted molar refractivity (Wildman–Crippen MR) is 125 cm³/mol. The number of amides is 2. The zero-order valence-electron chi connectivity index (χ0n) is 18.5. The van der Waals surface area contributed by atoms with Crippen molar-refractivity contribution >= 4 is 28.7 Å². The summed E-state index contributed by atoms with van der Waals surface area (Å²) < 4.78 is 21.3. The molecule has 1 unspecified atom stereocenters. The Morgan fingerprint density at radius 2 is 1.91 bits per heavy atom. The molecule has 1 atom stereocenters. The highest BCUT2D eigenvalue weighted by molar-refractivity contribution is 7.91. The molecule has 2 N–H and O–H groups in total. The average Bonchev–Trinajstić information content (AvgIpc) is 3.50. The molecule has 0 spiro atoms. The Labute approximate surface area is 199 Å². The number of ether oxygens (including phenoxy) is 1. The summed E-state index contributed by atoms with van der Waals surface area (Å²) in [5.41, 5.74) is 1.99. The summed E-state index contributed by atoms with van der Waals surface area (Å²) in [6.45, 7) is 1.94. The van der Waals surface area contributed by atoms with Crippen molar-refractivity contribution in [1.29, 1.82) is 0 Å². The highest BCUT2D eigenvalue weighted by Gasteiger charge is 2.24. The molecule has 2 aliphatic rings. The Balaban J connectivity index is 1.48. The second kappa shape index (κ2) is 9.95. The summed E-state index contributed by atoms with van der Waals surface area (Å²) in [6.07, 6.45) is 6.71. The van der Waals surface area contributed by atoms with Crippen LogP contribution in [0.3, 0.4) is 0 Å². The van der Waals surface area contributed by atoms with E-state index < -0.39 is 23.0 Å². The van der Waals surface area contributed by atoms with Crippen molar-refractivity contribution in [3.63, 3.8) is 0 Å². The van der Waals surface area contributed by atoms with E-state index in [0.717, 1.165) is 18.4 Å². The number of nitrogens with one attached hydrogen (secondary N) is 2. The molecule has 0 saturated carbocycles. The normalized spacial score (nSPS) is 20.2. The molecule has 1 saturated heterocycles. The second-order valence-corrected chi connectivity index (χ2v) is 9.87. The Bertz CT molecular complexity index is 1190. The van der Waals surface area contributed by atoms with Crippen molar-refractivity contribution in [2.45, 2.75) is 25.4 Å². The highest BCUT2D eigenvalue weighted by atomic mass is 32.2. The maximum Gasteiger partial charge on any atom is 0.274 e. The lowest BCUT2D eigenvalue weighted by Gasteiger charge is -2.22. The van der Waals surface area contributed by atoms with Gasteiger partial charge in [-0.3, -0.25) is 19.0 Å². The molecule has 2 amide bonds. The van der Waals surface area contributed by atoms with Crippen molar-refractivity contribution < 1.29 is 18.9 Å². The first-order valence-electron chi connectivity index (χ1n) is 11.2. The number of carbonyl (C=O) groups excluding carboxylic acids is 2. The second-order valence-electron chi connectivity index (χ2n) is 8.17. The molecule has 0 aromatic carbocycles. The van der Waals surface area contributed by atoms with E-state index in [4.69, 9.17) is 4.74 Å². The van der Waals surface area contributed by atoms with Gasteiger partial charge in [0.15, 0.2) is 5.69 Å². The van der Waals surface area contributed by atoms with Crippen LogP contribution in [0.1, 0.15) is 39.9 Å². The van der Waals surface area contributed by atoms with Crippen molar-refractivity contribution in [3.8, 4) is 11.3 Å². The molecule has 5 rings (SSSR count). The summed E-state index contributed by atoms with van der Waals surface area (Å²) >= 11 is -1.13. The van der Waals surface area contributed by atoms with E-state index in [1.54, 1.807) is 40.0 Å². The lowest BCUT2D eigenvalue weighted by molar-refractivity contribution is 0.0660. The minimum absolute atomic E-state index is 0.0781. The number of hydrogen-bond acceptors (Lipinski definition) is 7. The smallest absolute Gasteiger partial charge is 0.274 e. The van der Waals surface area contributed by atoms with E-state index >= 15 is 0 Å². The number of rotatable bonds is 1. The molecule has 11 nitrogen and oxygen atoms in total. The van der Waals surface area contributed by atoms with E-state index in [1.807, 2.05) is 6.20 Å². The SMILES string of the molecule is O=C1Nc2cn(C3CCOCC3)nc2C(=O)NCC[S+]([O-])CCn2cc(cn2)-c2cccc1n2. The van der Waals surface area contributed by atoms with Crippen LogP contribution in [0.5, 0.6) is 0 Å². The lowest BCUT2D eigenvalue weighted by Crippen LogP contribution is -2.31. The number of carbonyl (C=O) groups is 2. The maximum absolute atomic E-state index is 13.1. The molecular weight excluding hydrogens is 458 g/mol. The number of aryl methyl sites for hydroxylation is 1. The fourth-order valence-electron chi connectivity index (χ4n) is 3.97. The van der Waals surface area contributed by atoms with Crippen LogP contribution in [0, 0.1) is 0 Å². The molecule has 1 fully saturated rings. The quantitative estimate of drug-likeness (QED) is 0.497. The van der Waals surface area contributed by atoms with E-state index in [2.05, 4.69) is 25.8 Å². The van der Waals surface area contributed by atoms with Gasteiger partial charge in [0.25, 0.3) is 11.8 Å². The predicted octanol–water partition coefficient (Wildman–Crippen LogP) is 1.24. The van der Waals surface area contributed by atoms with Gasteiger partial charge in [-0.2, -0.15) is 10.2 Å². The third kappa shape index (κ3) is 4.98. The van der Waals surface area contributed by atoms with Gasteiger partial charge in [0.2, 0.25) is 0 Å². The summed E-state index contributed by atoms with van der Waals surface area (Å²) in [5.74, 6) is -0.153. The third-order valence-corrected chi connectivity index (χ3v) is 7.13. The maximum atomic E-state index is 13.1. The molecule has 0 aliphatic carbocycles. The number of hydrogen-bond donors (Lipinski definition) is 2. The van der Waals surface area contributed by atoms with E-state index in [0.29, 0.717) is 42.6 Å². The molecule has 2 aliphatic heterocycles. The van der Waals surface area contributed by atoms with Crippen LogP contribution in [0.4, 0.5) is 5.69 Å². The van der Waals surface area contributed by atoms with Crippen LogP contribution < -0.4 is 10.6 Å². The Morgan fingerprint density at radius 1 is 1.09 bits per heavy atom. The standard InChI is InChI=1S/C22H25N7O4S/c30-21-18-3-1-2-17(25-18)15-12-24-28(13-15)7-11-34(32)10-6-23-22(31)20-19(26-21)14-29(27-20)16-4-8-33-9-5-16/h1-3,12-14,16H,4-11H2,(H,23,31)(H,26,30). The number of aromatic nitrogens is 5. The van der Waals surface area contributed by atoms with E-state index in [-0.39, 0.29) is 24.0 Å². The van der Waals surface area contributed by atoms with Crippen LogP contribution >= 0.6 is 0 Å². The van der Waals surface area contributed by atoms with Gasteiger partial charge in [0.05, 0.1) is 36.7 Å². The molecular formula is C22H25N7O4S. The average molecular weight is 484 g/mol. The fourth-order valence-corrected chi connectivity index (χ4v) is 4.90. The summed E-state index contributed by atoms with van der Waals surface area (Å²) in [5, 5.41) is 14.4. The van der Waals surface area contributed by atoms with Gasteiger partial charge in [0.1, 0.15) is 17.2 Å². The van der Waals surface area contributed by atoms with E-state index in [9.17, 15) is 14.1 Å². The Morgan fingerprint density at radius 3 is 2.76 bits per heavy atom. The lowest BCUT2D eigenvalue weighted by atomic mass is 10.1. The van der Waals surface area contributed by atoms with Gasteiger partial charge in [-0.15, -0.1) is 0 Å². The molecule has 178 valence electrons. The number of pyridine rings is 1. The Hall–Kier alpha value is -3.22. The van der Waals surface area contributed by atoms with Crippen LogP contribution in [0.25, 0.3) is 11.3 Å². The van der Waals surface area contributed by atoms with Crippen molar-refractivity contribution in [3.05, 3.63) is 48.2 Å². The molecule has 5 heterocycles. The summed E-state index contributed by atoms with van der Waals surface area (Å²) in [7, 11) is 0. The highest BCUT2D eigenvalue weighted by Crippen LogP contribution is 2.25. The van der Waals surface area contributed by atoms with Gasteiger partial charge in [-0.05, 0) is 25.0 Å². The van der Waals surface area contributed by atoms with Crippen molar-refractivity contribution in [1.82, 2.24) is 29.9 Å². The van der Waals surface area contributed by atoms with Gasteiger partial charge < -0.3 is 19.9 Å². The minimum atomic E-state index is -1.13. The summed E-state index contributed by atoms with van der Waals surface area (Å²) in [4.78, 5) is 30.5. The first kappa shape index (κ1) is 22.6. The van der Waals surface area contributed by atoms with Gasteiger partial charge in [-0.25, -0.2) is 4.98 Å². The van der Waals surface area contributed by atoms with E-state index in [1.165, 1.54) is 0 Å². The van der Waals surface area contributed by atoms with Gasteiger partial charge in [0, 0.05) is 31.2 Å². The fraction of sp³-hybridized carbons (Fsp3) is 0.409. The minimum Gasteiger partial charge on any atom is -0.616 e. The first-order valence-corrected chi connectivity index (χ1v) is 12.7. The number of fused-ring (bicyclic) bond motifs is 6. The number of nitrogens with zero attached hydrogens (tertiary/aromatic N) is 5. The van der Waals surface area contributed by atoms with Crippen LogP contribution in [-0.4, -0.2) is 72.2 Å². The molecule has 12 heteroatoms. The number of anilines is 1. The zero-order valence-corrected chi connectivity index (χ0v) is 19.3. The molecule has 4 bridgehead atoms. The Kier molecular flexibility index (Phi) is 6.61. The molecule has 3 aromatic rings. The zero-order chi connectivity index (χ0) is 23.5. The van der Waals surface area contributed by atoms with Gasteiger partial charge in [-0.1, -0.05) is 17.2 Å². The van der Waals surface area contributed by atoms with Crippen molar-refractivity contribution in [2.75, 3.05) is 36.6 Å². The first-order chi connectivity index (χ1) is 16.6. The van der Waals surface area contributed by atoms with Crippen LogP contribution in [0.2, 0.25) is 0 Å². The molecule has 34 heavy (non-hydrogen) atoms. The summed E-state index contributed by atoms with van der Waals surface area (Å²) in [6, 6.07) is 5.24. The molecule has 3 aromatic heterocycles. The van der Waals surface area contributed by atoms with Crippen LogP contribution in [0.15, 0.2) is 36.8 Å². The third-order valence-electron chi connectivity index (χ3n) is 5.83. The van der Waals surface area contributed by atoms with Gasteiger partial charge >= 0.3 is 0 Å². The van der Waals surface area contributed by atoms with Crippen LogP contribution in [-0.2, 0) is 22.5 Å². The largest absolute Gasteiger partial charge is 0.616 e. The topological polar surface area (TPSA) is 139 Å². The molecule has 0 radical (unpaired) electrons.